The molecule has 0 bridgehead atoms. The third-order valence-corrected chi connectivity index (χ3v) is 5.90. The summed E-state index contributed by atoms with van der Waals surface area (Å²) in [6.45, 7) is 7.92. The first-order valence-corrected chi connectivity index (χ1v) is 9.49. The molecule has 0 aromatic carbocycles. The Kier molecular flexibility index (Phi) is 3.91. The van der Waals surface area contributed by atoms with Crippen molar-refractivity contribution in [1.82, 2.24) is 19.1 Å². The molecule has 0 unspecified atom stereocenters. The molecule has 0 saturated carbocycles. The molecule has 1 amide bonds. The highest BCUT2D eigenvalue weighted by molar-refractivity contribution is 7.19. The van der Waals surface area contributed by atoms with Gasteiger partial charge in [0, 0.05) is 18.0 Å². The van der Waals surface area contributed by atoms with Crippen LogP contribution in [-0.4, -0.2) is 38.1 Å². The van der Waals surface area contributed by atoms with Crippen molar-refractivity contribution in [3.8, 4) is 0 Å². The van der Waals surface area contributed by atoms with E-state index in [-0.39, 0.29) is 18.0 Å². The minimum atomic E-state index is -0.213. The van der Waals surface area contributed by atoms with Crippen molar-refractivity contribution in [3.63, 3.8) is 0 Å². The molecule has 25 heavy (non-hydrogen) atoms. The van der Waals surface area contributed by atoms with Crippen LogP contribution in [-0.2, 0) is 11.3 Å². The van der Waals surface area contributed by atoms with Crippen LogP contribution in [0.5, 0.6) is 0 Å². The van der Waals surface area contributed by atoms with Gasteiger partial charge in [-0.05, 0) is 37.3 Å². The van der Waals surface area contributed by atoms with Gasteiger partial charge in [0.25, 0.3) is 5.56 Å². The van der Waals surface area contributed by atoms with E-state index in [9.17, 15) is 9.59 Å². The van der Waals surface area contributed by atoms with E-state index in [4.69, 9.17) is 0 Å². The average molecular weight is 358 g/mol. The highest BCUT2D eigenvalue weighted by Crippen LogP contribution is 2.27. The van der Waals surface area contributed by atoms with Crippen LogP contribution in [0, 0.1) is 18.8 Å². The number of hydrogen-bond acceptors (Lipinski definition) is 4. The van der Waals surface area contributed by atoms with E-state index in [1.54, 1.807) is 17.7 Å². The first kappa shape index (κ1) is 16.3. The summed E-state index contributed by atoms with van der Waals surface area (Å²) in [4.78, 5) is 28.4. The summed E-state index contributed by atoms with van der Waals surface area (Å²) in [5, 5.41) is 4.24. The van der Waals surface area contributed by atoms with Crippen molar-refractivity contribution in [2.45, 2.75) is 33.7 Å². The largest absolute Gasteiger partial charge is 0.341 e. The van der Waals surface area contributed by atoms with E-state index in [2.05, 4.69) is 25.0 Å². The molecule has 6 nitrogen and oxygen atoms in total. The van der Waals surface area contributed by atoms with Crippen LogP contribution < -0.4 is 5.56 Å². The highest BCUT2D eigenvalue weighted by Gasteiger charge is 2.26. The number of carbonyl (C=O) groups excluding carboxylic acids is 1. The molecule has 1 fully saturated rings. The fraction of sp³-hybridized carbons (Fsp3) is 0.500. The maximum atomic E-state index is 12.7. The SMILES string of the molecule is Cc1cc2c(cc3c(=O)n(CC(=O)N4C[C@H](C)C[C@@H](C)C4)ncn32)s1. The van der Waals surface area contributed by atoms with Crippen LogP contribution in [0.1, 0.15) is 25.1 Å². The third kappa shape index (κ3) is 2.86. The summed E-state index contributed by atoms with van der Waals surface area (Å²) in [5.74, 6) is 0.975. The molecule has 0 radical (unpaired) electrons. The fourth-order valence-electron chi connectivity index (χ4n) is 3.93. The number of aryl methyl sites for hydroxylation is 1. The second-order valence-electron chi connectivity index (χ2n) is 7.34. The molecule has 3 aromatic heterocycles. The Labute approximate surface area is 149 Å². The first-order valence-electron chi connectivity index (χ1n) is 8.67. The van der Waals surface area contributed by atoms with E-state index < -0.39 is 0 Å². The van der Waals surface area contributed by atoms with E-state index >= 15 is 0 Å². The molecular formula is C18H22N4O2S. The summed E-state index contributed by atoms with van der Waals surface area (Å²) >= 11 is 1.66. The van der Waals surface area contributed by atoms with Crippen LogP contribution in [0.2, 0.25) is 0 Å². The summed E-state index contributed by atoms with van der Waals surface area (Å²) in [5.41, 5.74) is 1.36. The number of fused-ring (bicyclic) bond motifs is 3. The lowest BCUT2D eigenvalue weighted by Crippen LogP contribution is -2.45. The molecule has 4 rings (SSSR count). The Morgan fingerprint density at radius 2 is 1.96 bits per heavy atom. The molecule has 1 aliphatic heterocycles. The number of thiophene rings is 1. The molecular weight excluding hydrogens is 336 g/mol. The minimum absolute atomic E-state index is 0.00658. The monoisotopic (exact) mass is 358 g/mol. The van der Waals surface area contributed by atoms with Crippen LogP contribution in [0.4, 0.5) is 0 Å². The highest BCUT2D eigenvalue weighted by atomic mass is 32.1. The van der Waals surface area contributed by atoms with Gasteiger partial charge in [-0.3, -0.25) is 14.0 Å². The lowest BCUT2D eigenvalue weighted by atomic mass is 9.92. The molecule has 0 N–H and O–H groups in total. The molecule has 1 aliphatic rings. The molecule has 0 spiro atoms. The van der Waals surface area contributed by atoms with Gasteiger partial charge >= 0.3 is 0 Å². The maximum Gasteiger partial charge on any atom is 0.291 e. The summed E-state index contributed by atoms with van der Waals surface area (Å²) in [7, 11) is 0. The predicted molar refractivity (Wildman–Crippen MR) is 99.1 cm³/mol. The summed E-state index contributed by atoms with van der Waals surface area (Å²) in [6, 6.07) is 3.95. The Balaban J connectivity index is 1.64. The minimum Gasteiger partial charge on any atom is -0.341 e. The standard InChI is InChI=1S/C18H22N4O2S/c1-11-4-12(2)8-20(7-11)17(23)9-22-18(24)15-6-16-14(5-13(3)25-16)21(15)10-19-22/h5-6,10-12H,4,7-9H2,1-3H3/t11-,12-/m1/s1. The van der Waals surface area contributed by atoms with Crippen molar-refractivity contribution >= 4 is 33.0 Å². The molecule has 1 saturated heterocycles. The zero-order chi connectivity index (χ0) is 17.7. The second kappa shape index (κ2) is 5.98. The molecule has 7 heteroatoms. The van der Waals surface area contributed by atoms with Crippen molar-refractivity contribution in [2.75, 3.05) is 13.1 Å². The van der Waals surface area contributed by atoms with Crippen molar-refractivity contribution in [1.29, 1.82) is 0 Å². The number of amides is 1. The van der Waals surface area contributed by atoms with Crippen LogP contribution in [0.15, 0.2) is 23.3 Å². The predicted octanol–water partition coefficient (Wildman–Crippen LogP) is 2.52. The maximum absolute atomic E-state index is 12.7. The number of nitrogens with zero attached hydrogens (tertiary/aromatic N) is 4. The third-order valence-electron chi connectivity index (χ3n) is 4.92. The fourth-order valence-corrected chi connectivity index (χ4v) is 4.88. The van der Waals surface area contributed by atoms with Gasteiger partial charge in [-0.2, -0.15) is 5.10 Å². The molecule has 3 aromatic rings. The molecule has 0 aliphatic carbocycles. The van der Waals surface area contributed by atoms with Crippen LogP contribution in [0.25, 0.3) is 15.7 Å². The molecule has 4 heterocycles. The first-order chi connectivity index (χ1) is 11.9. The van der Waals surface area contributed by atoms with Gasteiger partial charge < -0.3 is 4.90 Å². The quantitative estimate of drug-likeness (QED) is 0.707. The van der Waals surface area contributed by atoms with Gasteiger partial charge in [-0.25, -0.2) is 4.68 Å². The lowest BCUT2D eigenvalue weighted by Gasteiger charge is -2.35. The van der Waals surface area contributed by atoms with E-state index in [0.29, 0.717) is 17.4 Å². The van der Waals surface area contributed by atoms with Gasteiger partial charge in [0.05, 0.1) is 10.2 Å². The topological polar surface area (TPSA) is 59.6 Å². The molecule has 2 atom stereocenters. The van der Waals surface area contributed by atoms with Crippen LogP contribution >= 0.6 is 11.3 Å². The van der Waals surface area contributed by atoms with Gasteiger partial charge in [0.1, 0.15) is 18.4 Å². The average Bonchev–Trinajstić information content (AvgIpc) is 3.05. The second-order valence-corrected chi connectivity index (χ2v) is 8.63. The van der Waals surface area contributed by atoms with Gasteiger partial charge in [0.15, 0.2) is 0 Å². The zero-order valence-electron chi connectivity index (χ0n) is 14.7. The van der Waals surface area contributed by atoms with Crippen LogP contribution in [0.3, 0.4) is 0 Å². The van der Waals surface area contributed by atoms with Gasteiger partial charge in [0.2, 0.25) is 5.91 Å². The number of carbonyl (C=O) groups is 1. The van der Waals surface area contributed by atoms with E-state index in [1.165, 1.54) is 9.56 Å². The van der Waals surface area contributed by atoms with Crippen molar-refractivity contribution < 1.29 is 4.79 Å². The van der Waals surface area contributed by atoms with Gasteiger partial charge in [-0.15, -0.1) is 11.3 Å². The number of aromatic nitrogens is 3. The van der Waals surface area contributed by atoms with Gasteiger partial charge in [-0.1, -0.05) is 13.8 Å². The summed E-state index contributed by atoms with van der Waals surface area (Å²) in [6.07, 6.45) is 2.79. The smallest absolute Gasteiger partial charge is 0.291 e. The number of piperidine rings is 1. The Bertz CT molecular complexity index is 1010. The van der Waals surface area contributed by atoms with E-state index in [0.717, 1.165) is 29.7 Å². The lowest BCUT2D eigenvalue weighted by molar-refractivity contribution is -0.134. The van der Waals surface area contributed by atoms with E-state index in [1.807, 2.05) is 22.3 Å². The summed E-state index contributed by atoms with van der Waals surface area (Å²) < 4.78 is 4.17. The zero-order valence-corrected chi connectivity index (χ0v) is 15.5. The number of rotatable bonds is 2. The number of likely N-dealkylation sites (tertiary alicyclic amines) is 1. The Hall–Kier alpha value is -2.15. The molecule has 132 valence electrons. The Morgan fingerprint density at radius 1 is 1.24 bits per heavy atom. The normalized spacial score (nSPS) is 21.3. The van der Waals surface area contributed by atoms with Crippen molar-refractivity contribution in [3.05, 3.63) is 33.7 Å². The Morgan fingerprint density at radius 3 is 2.68 bits per heavy atom. The number of hydrogen-bond donors (Lipinski definition) is 0. The van der Waals surface area contributed by atoms with Crippen molar-refractivity contribution in [2.24, 2.45) is 11.8 Å².